The summed E-state index contributed by atoms with van der Waals surface area (Å²) in [5.41, 5.74) is 3.19. The topological polar surface area (TPSA) is 161 Å². The molecule has 0 aliphatic heterocycles. The fourth-order valence-electron chi connectivity index (χ4n) is 5.64. The molecule has 268 valence electrons. The Hall–Kier alpha value is -5.83. The van der Waals surface area contributed by atoms with Crippen LogP contribution in [0.2, 0.25) is 0 Å². The van der Waals surface area contributed by atoms with E-state index in [4.69, 9.17) is 14.5 Å². The molecule has 0 spiro atoms. The van der Waals surface area contributed by atoms with Crippen LogP contribution in [0.5, 0.6) is 5.75 Å². The van der Waals surface area contributed by atoms with Crippen LogP contribution in [0, 0.1) is 0 Å². The Morgan fingerprint density at radius 2 is 1.51 bits per heavy atom. The van der Waals surface area contributed by atoms with Crippen LogP contribution in [0.15, 0.2) is 120 Å². The number of thiazole rings is 2. The summed E-state index contributed by atoms with van der Waals surface area (Å²) in [5.74, 6) is -2.36. The van der Waals surface area contributed by atoms with Gasteiger partial charge < -0.3 is 25.0 Å². The normalized spacial score (nSPS) is 11.7. The molecule has 0 bridgehead atoms. The van der Waals surface area contributed by atoms with Crippen LogP contribution in [-0.2, 0) is 14.2 Å². The van der Waals surface area contributed by atoms with Crippen LogP contribution in [0.25, 0.3) is 22.0 Å². The van der Waals surface area contributed by atoms with Gasteiger partial charge in [-0.1, -0.05) is 104 Å². The first-order chi connectivity index (χ1) is 25.7. The number of rotatable bonds is 14. The van der Waals surface area contributed by atoms with Crippen LogP contribution >= 0.6 is 34.4 Å². The number of pyridine rings is 1. The zero-order chi connectivity index (χ0) is 37.4. The smallest absolute Gasteiger partial charge is 0.408 e. The molecule has 0 saturated heterocycles. The zero-order valence-electron chi connectivity index (χ0n) is 28.2. The van der Waals surface area contributed by atoms with E-state index in [-0.39, 0.29) is 34.3 Å². The first-order valence-electron chi connectivity index (χ1n) is 16.1. The van der Waals surface area contributed by atoms with Crippen LogP contribution in [-0.4, -0.2) is 62.7 Å². The van der Waals surface area contributed by atoms with Crippen molar-refractivity contribution in [2.45, 2.75) is 10.8 Å². The Kier molecular flexibility index (Phi) is 11.6. The lowest BCUT2D eigenvalue weighted by Gasteiger charge is -2.36. The van der Waals surface area contributed by atoms with Crippen molar-refractivity contribution in [1.29, 1.82) is 0 Å². The van der Waals surface area contributed by atoms with Crippen molar-refractivity contribution in [3.05, 3.63) is 154 Å². The van der Waals surface area contributed by atoms with Crippen LogP contribution in [0.1, 0.15) is 48.7 Å². The number of benzene rings is 3. The van der Waals surface area contributed by atoms with Gasteiger partial charge in [0, 0.05) is 22.1 Å². The first-order valence-corrected chi connectivity index (χ1v) is 18.8. The highest BCUT2D eigenvalue weighted by Crippen LogP contribution is 2.50. The van der Waals surface area contributed by atoms with Crippen molar-refractivity contribution < 1.29 is 34.1 Å². The van der Waals surface area contributed by atoms with Gasteiger partial charge in [-0.3, -0.25) is 0 Å². The molecule has 0 fully saturated rings. The Balaban J connectivity index is 1.45. The molecule has 53 heavy (non-hydrogen) atoms. The van der Waals surface area contributed by atoms with Crippen molar-refractivity contribution in [2.75, 3.05) is 19.5 Å². The first kappa shape index (κ1) is 36.9. The van der Waals surface area contributed by atoms with Gasteiger partial charge in [-0.15, -0.1) is 34.4 Å². The van der Waals surface area contributed by atoms with Gasteiger partial charge >= 0.3 is 18.0 Å². The molecular weight excluding hydrogens is 733 g/mol. The number of amides is 1. The summed E-state index contributed by atoms with van der Waals surface area (Å²) in [4.78, 5) is 50.8. The number of carboxylic acid groups (broad SMARTS) is 1. The Morgan fingerprint density at radius 3 is 2.06 bits per heavy atom. The summed E-state index contributed by atoms with van der Waals surface area (Å²) < 4.78 is 9.42. The number of thioether (sulfide) groups is 1. The van der Waals surface area contributed by atoms with Gasteiger partial charge in [0.25, 0.3) is 0 Å². The molecule has 3 aromatic heterocycles. The van der Waals surface area contributed by atoms with Crippen molar-refractivity contribution in [3.8, 4) is 27.7 Å². The summed E-state index contributed by atoms with van der Waals surface area (Å²) in [7, 11) is 1.23. The van der Waals surface area contributed by atoms with Gasteiger partial charge in [-0.25, -0.2) is 29.3 Å². The summed E-state index contributed by atoms with van der Waals surface area (Å²) >= 11 is 3.94. The molecule has 6 aromatic rings. The number of carbonyl (C=O) groups excluding carboxylic acids is 2. The second-order valence-electron chi connectivity index (χ2n) is 11.3. The summed E-state index contributed by atoms with van der Waals surface area (Å²) in [5, 5.41) is 27.3. The number of aromatic nitrogens is 3. The molecule has 1 amide bonds. The number of esters is 1. The molecule has 1 atom stereocenters. The van der Waals surface area contributed by atoms with E-state index in [1.807, 2.05) is 54.6 Å². The monoisotopic (exact) mass is 764 g/mol. The fraction of sp³-hybridized carbons (Fsp3) is 0.128. The highest BCUT2D eigenvalue weighted by molar-refractivity contribution is 8.00. The predicted octanol–water partition coefficient (Wildman–Crippen LogP) is 8.20. The maximum Gasteiger partial charge on any atom is 0.408 e. The minimum absolute atomic E-state index is 0.00305. The number of aromatic hydroxyl groups is 1. The molecule has 0 radical (unpaired) electrons. The third-order valence-corrected chi connectivity index (χ3v) is 11.5. The van der Waals surface area contributed by atoms with E-state index in [9.17, 15) is 24.6 Å². The van der Waals surface area contributed by atoms with E-state index in [2.05, 4.69) is 58.3 Å². The number of aromatic carboxylic acids is 1. The third-order valence-electron chi connectivity index (χ3n) is 8.03. The molecule has 0 unspecified atom stereocenters. The van der Waals surface area contributed by atoms with Crippen molar-refractivity contribution in [2.24, 2.45) is 0 Å². The van der Waals surface area contributed by atoms with E-state index >= 15 is 0 Å². The Labute approximate surface area is 317 Å². The van der Waals surface area contributed by atoms with Crippen molar-refractivity contribution in [3.63, 3.8) is 0 Å². The van der Waals surface area contributed by atoms with E-state index < -0.39 is 40.3 Å². The molecular formula is C39H32N4O7S3. The van der Waals surface area contributed by atoms with Crippen LogP contribution in [0.4, 0.5) is 4.79 Å². The predicted molar refractivity (Wildman–Crippen MR) is 206 cm³/mol. The number of methoxy groups -OCH3 is 1. The molecule has 6 rings (SSSR count). The van der Waals surface area contributed by atoms with Gasteiger partial charge in [0.1, 0.15) is 33.8 Å². The highest BCUT2D eigenvalue weighted by atomic mass is 32.2. The SMILES string of the molecule is C=CCOC(=O)N[C@@H](CSC(c1ccccc1)(c1ccccc1)c1ccccc1)c1nc(-c2nc(C(=O)O)c(O)cc2-c2nc(C(=O)OC)cs2)cs1. The Morgan fingerprint density at radius 1 is 0.906 bits per heavy atom. The second kappa shape index (κ2) is 16.7. The summed E-state index contributed by atoms with van der Waals surface area (Å²) in [6.45, 7) is 3.63. The highest BCUT2D eigenvalue weighted by Gasteiger charge is 2.38. The fourth-order valence-corrected chi connectivity index (χ4v) is 8.97. The lowest BCUT2D eigenvalue weighted by molar-refractivity contribution is 0.0594. The number of hydrogen-bond acceptors (Lipinski definition) is 12. The van der Waals surface area contributed by atoms with Crippen LogP contribution < -0.4 is 5.32 Å². The molecule has 3 N–H and O–H groups in total. The van der Waals surface area contributed by atoms with E-state index in [1.165, 1.54) is 36.0 Å². The quantitative estimate of drug-likeness (QED) is 0.0557. The second-order valence-corrected chi connectivity index (χ2v) is 14.3. The number of alkyl carbamates (subject to hydrolysis) is 1. The minimum Gasteiger partial charge on any atom is -0.505 e. The van der Waals surface area contributed by atoms with Gasteiger partial charge in [-0.2, -0.15) is 0 Å². The maximum absolute atomic E-state index is 13.1. The molecule has 0 aliphatic carbocycles. The number of hydrogen-bond donors (Lipinski definition) is 3. The van der Waals surface area contributed by atoms with E-state index in [0.29, 0.717) is 10.8 Å². The largest absolute Gasteiger partial charge is 0.505 e. The van der Waals surface area contributed by atoms with Crippen molar-refractivity contribution in [1.82, 2.24) is 20.3 Å². The minimum atomic E-state index is -1.44. The zero-order valence-corrected chi connectivity index (χ0v) is 30.6. The number of carboxylic acids is 1. The average Bonchev–Trinajstić information content (AvgIpc) is 3.89. The molecule has 14 heteroatoms. The number of nitrogens with zero attached hydrogens (tertiary/aromatic N) is 3. The van der Waals surface area contributed by atoms with Crippen molar-refractivity contribution >= 4 is 52.5 Å². The molecule has 11 nitrogen and oxygen atoms in total. The lowest BCUT2D eigenvalue weighted by atomic mass is 9.84. The van der Waals surface area contributed by atoms with E-state index in [0.717, 1.165) is 28.0 Å². The Bertz CT molecular complexity index is 2130. The van der Waals surface area contributed by atoms with Gasteiger partial charge in [-0.05, 0) is 22.8 Å². The third kappa shape index (κ3) is 7.99. The number of ether oxygens (including phenoxy) is 2. The molecule has 3 heterocycles. The molecule has 0 aliphatic rings. The van der Waals surface area contributed by atoms with Gasteiger partial charge in [0.05, 0.1) is 17.9 Å². The van der Waals surface area contributed by atoms with E-state index in [1.54, 1.807) is 17.1 Å². The summed E-state index contributed by atoms with van der Waals surface area (Å²) in [6, 6.07) is 30.9. The number of carbonyl (C=O) groups is 3. The number of nitrogens with one attached hydrogen (secondary N) is 1. The summed E-state index contributed by atoms with van der Waals surface area (Å²) in [6.07, 6.45) is 0.796. The van der Waals surface area contributed by atoms with Crippen LogP contribution in [0.3, 0.4) is 0 Å². The van der Waals surface area contributed by atoms with Gasteiger partial charge in [0.15, 0.2) is 11.4 Å². The maximum atomic E-state index is 13.1. The van der Waals surface area contributed by atoms with Gasteiger partial charge in [0.2, 0.25) is 0 Å². The standard InChI is InChI=1S/C39H32N4O7S3/c1-3-19-50-38(48)42-29(23-53-39(24-13-7-4-8-14-24,25-15-9-5-10-16-25)26-17-11-6-12-18-26)35-40-28(21-52-35)32-27(20-31(44)33(43-32)36(45)46)34-41-30(22-51-34)37(47)49-2/h3-18,20-22,29,44H,1,19,23H2,2H3,(H,42,48)(H,45,46)/t29-/m0/s1. The lowest BCUT2D eigenvalue weighted by Crippen LogP contribution is -2.33. The molecule has 3 aromatic carbocycles. The average molecular weight is 765 g/mol. The molecule has 0 saturated carbocycles.